The summed E-state index contributed by atoms with van der Waals surface area (Å²) in [6, 6.07) is -1.30. The van der Waals surface area contributed by atoms with E-state index in [1.54, 1.807) is 0 Å². The molecule has 2 rings (SSSR count). The molecule has 19 heteroatoms. The SMILES string of the molecule is CCCCCOC(=O)C(C)NP(=O)(N[C@@H](C)C(=O)OCCCCC)OC[C@@]1(N=[N+]=[N-])O[C@@H](n2ccc(N)nc2=O)[C@H](O)[C@@H]1F. The van der Waals surface area contributed by atoms with Crippen molar-refractivity contribution in [3.8, 4) is 0 Å². The zero-order chi connectivity index (χ0) is 32.9. The van der Waals surface area contributed by atoms with Crippen molar-refractivity contribution < 1.29 is 42.4 Å². The standard InChI is InChI=1S/C25H42FN8O9P/c1-5-7-9-13-40-22(36)16(3)30-44(39,31-17(4)23(37)41-14-10-8-6-2)42-15-25(32-33-28)20(26)19(35)21(43-25)34-12-11-18(27)29-24(34)38/h11-12,16-17,19-21,35H,5-10,13-15H2,1-4H3,(H2,27,29,38)(H2,30,31,39)/t16-,17?,19+,20-,21+,25+,44?/m0/s1. The van der Waals surface area contributed by atoms with Gasteiger partial charge >= 0.3 is 25.3 Å². The number of carbonyl (C=O) groups excluding carboxylic acids is 2. The Balaban J connectivity index is 2.30. The first-order chi connectivity index (χ1) is 20.8. The molecule has 17 nitrogen and oxygen atoms in total. The third-order valence-corrected chi connectivity index (χ3v) is 8.51. The molecule has 1 saturated heterocycles. The molecule has 1 aliphatic rings. The summed E-state index contributed by atoms with van der Waals surface area (Å²) in [6.07, 6.45) is -0.541. The molecule has 0 aromatic carbocycles. The summed E-state index contributed by atoms with van der Waals surface area (Å²) in [5.74, 6) is -1.70. The van der Waals surface area contributed by atoms with Crippen LogP contribution in [0.4, 0.5) is 10.2 Å². The number of aliphatic hydroxyl groups excluding tert-OH is 1. The molecule has 2 heterocycles. The van der Waals surface area contributed by atoms with Gasteiger partial charge in [0, 0.05) is 11.1 Å². The summed E-state index contributed by atoms with van der Waals surface area (Å²) in [4.78, 5) is 43.6. The van der Waals surface area contributed by atoms with Crippen LogP contribution in [0.5, 0.6) is 0 Å². The number of ether oxygens (including phenoxy) is 3. The van der Waals surface area contributed by atoms with Crippen LogP contribution in [-0.2, 0) is 32.9 Å². The van der Waals surface area contributed by atoms with Crippen LogP contribution in [0.2, 0.25) is 0 Å². The van der Waals surface area contributed by atoms with Gasteiger partial charge in [0.25, 0.3) is 0 Å². The minimum absolute atomic E-state index is 0.119. The van der Waals surface area contributed by atoms with Crippen molar-refractivity contribution in [2.75, 3.05) is 25.6 Å². The molecule has 1 aliphatic heterocycles. The number of nitrogens with one attached hydrogen (secondary N) is 2. The highest BCUT2D eigenvalue weighted by Crippen LogP contribution is 2.45. The first-order valence-corrected chi connectivity index (χ1v) is 16.0. The summed E-state index contributed by atoms with van der Waals surface area (Å²) in [6.45, 7) is 5.76. The van der Waals surface area contributed by atoms with E-state index in [0.29, 0.717) is 12.8 Å². The van der Waals surface area contributed by atoms with Gasteiger partial charge in [0.15, 0.2) is 12.4 Å². The lowest BCUT2D eigenvalue weighted by atomic mass is 10.1. The molecular weight excluding hydrogens is 606 g/mol. The molecule has 0 saturated carbocycles. The third-order valence-electron chi connectivity index (χ3n) is 6.56. The summed E-state index contributed by atoms with van der Waals surface area (Å²) in [5, 5.41) is 18.8. The van der Waals surface area contributed by atoms with Gasteiger partial charge in [-0.15, -0.1) is 0 Å². The largest absolute Gasteiger partial charge is 0.465 e. The van der Waals surface area contributed by atoms with E-state index >= 15 is 4.39 Å². The number of nitrogens with zero attached hydrogens (tertiary/aromatic N) is 5. The number of rotatable bonds is 19. The lowest BCUT2D eigenvalue weighted by Gasteiger charge is -2.30. The quantitative estimate of drug-likeness (QED) is 0.0421. The second-order valence-electron chi connectivity index (χ2n) is 10.3. The number of carbonyl (C=O) groups is 2. The van der Waals surface area contributed by atoms with Crippen molar-refractivity contribution in [1.82, 2.24) is 19.7 Å². The van der Waals surface area contributed by atoms with E-state index in [2.05, 4.69) is 25.2 Å². The third kappa shape index (κ3) is 10.2. The minimum Gasteiger partial charge on any atom is -0.465 e. The summed E-state index contributed by atoms with van der Waals surface area (Å²) in [7, 11) is -4.51. The fourth-order valence-corrected chi connectivity index (χ4v) is 5.92. The number of hydrogen-bond donors (Lipinski definition) is 4. The molecule has 1 aromatic heterocycles. The molecule has 2 unspecified atom stereocenters. The normalized spacial score (nSPS) is 24.1. The van der Waals surface area contributed by atoms with E-state index in [0.717, 1.165) is 36.4 Å². The van der Waals surface area contributed by atoms with Gasteiger partial charge in [-0.1, -0.05) is 44.6 Å². The van der Waals surface area contributed by atoms with E-state index in [9.17, 15) is 29.6 Å². The van der Waals surface area contributed by atoms with Gasteiger partial charge in [0.05, 0.1) is 19.8 Å². The molecule has 7 atom stereocenters. The van der Waals surface area contributed by atoms with Crippen LogP contribution >= 0.6 is 7.67 Å². The number of nitrogens with two attached hydrogens (primary N) is 1. The van der Waals surface area contributed by atoms with Crippen LogP contribution in [0.25, 0.3) is 10.4 Å². The number of unbranched alkanes of at least 4 members (excludes halogenated alkanes) is 4. The van der Waals surface area contributed by atoms with Gasteiger partial charge in [-0.25, -0.2) is 19.4 Å². The summed E-state index contributed by atoms with van der Waals surface area (Å²) < 4.78 is 51.7. The highest BCUT2D eigenvalue weighted by Gasteiger charge is 2.57. The van der Waals surface area contributed by atoms with Crippen molar-refractivity contribution in [3.05, 3.63) is 33.2 Å². The number of aromatic nitrogens is 2. The fourth-order valence-electron chi connectivity index (χ4n) is 4.10. The van der Waals surface area contributed by atoms with Crippen LogP contribution in [0.15, 0.2) is 22.2 Å². The van der Waals surface area contributed by atoms with E-state index in [1.807, 2.05) is 13.8 Å². The molecule has 0 aliphatic carbocycles. The molecule has 0 spiro atoms. The minimum atomic E-state index is -4.51. The molecule has 1 fully saturated rings. The second kappa shape index (κ2) is 17.4. The number of alkyl halides is 1. The lowest BCUT2D eigenvalue weighted by molar-refractivity contribution is -0.145. The van der Waals surface area contributed by atoms with Crippen molar-refractivity contribution in [1.29, 1.82) is 0 Å². The number of aliphatic hydroxyl groups is 1. The Kier molecular flexibility index (Phi) is 14.7. The zero-order valence-corrected chi connectivity index (χ0v) is 26.2. The average Bonchev–Trinajstić information content (AvgIpc) is 3.21. The van der Waals surface area contributed by atoms with Crippen LogP contribution in [0, 0.1) is 0 Å². The fraction of sp³-hybridized carbons (Fsp3) is 0.760. The molecule has 0 amide bonds. The predicted octanol–water partition coefficient (Wildman–Crippen LogP) is 2.61. The molecule has 5 N–H and O–H groups in total. The number of esters is 2. The predicted molar refractivity (Wildman–Crippen MR) is 156 cm³/mol. The number of halogens is 1. The Morgan fingerprint density at radius 3 is 2.23 bits per heavy atom. The number of anilines is 1. The zero-order valence-electron chi connectivity index (χ0n) is 25.3. The average molecular weight is 649 g/mol. The topological polar surface area (TPSA) is 242 Å². The first kappa shape index (κ1) is 37.1. The van der Waals surface area contributed by atoms with E-state index < -0.39 is 68.2 Å². The monoisotopic (exact) mass is 648 g/mol. The molecule has 248 valence electrons. The molecule has 1 aromatic rings. The Morgan fingerprint density at radius 2 is 1.75 bits per heavy atom. The Hall–Kier alpha value is -3.11. The van der Waals surface area contributed by atoms with Crippen molar-refractivity contribution >= 4 is 25.4 Å². The Morgan fingerprint density at radius 1 is 1.20 bits per heavy atom. The van der Waals surface area contributed by atoms with Gasteiger partial charge in [0.2, 0.25) is 5.72 Å². The number of azide groups is 1. The van der Waals surface area contributed by atoms with Crippen LogP contribution in [0.1, 0.15) is 72.4 Å². The highest BCUT2D eigenvalue weighted by atomic mass is 31.2. The number of nitrogen functional groups attached to an aromatic ring is 1. The van der Waals surface area contributed by atoms with E-state index in [4.69, 9.17) is 24.5 Å². The first-order valence-electron chi connectivity index (χ1n) is 14.4. The van der Waals surface area contributed by atoms with Gasteiger partial charge in [-0.3, -0.25) is 18.7 Å². The maximum atomic E-state index is 15.6. The summed E-state index contributed by atoms with van der Waals surface area (Å²) in [5.41, 5.74) is 11.1. The van der Waals surface area contributed by atoms with Crippen molar-refractivity contribution in [2.45, 2.75) is 103 Å². The van der Waals surface area contributed by atoms with Crippen LogP contribution in [-0.4, -0.2) is 76.5 Å². The van der Waals surface area contributed by atoms with Crippen LogP contribution in [0.3, 0.4) is 0 Å². The second-order valence-corrected chi connectivity index (χ2v) is 12.1. The molecule has 44 heavy (non-hydrogen) atoms. The Labute approximate surface area is 254 Å². The molecule has 0 radical (unpaired) electrons. The van der Waals surface area contributed by atoms with Gasteiger partial charge in [0.1, 0.15) is 24.0 Å². The van der Waals surface area contributed by atoms with E-state index in [-0.39, 0.29) is 19.0 Å². The van der Waals surface area contributed by atoms with Gasteiger partial charge < -0.3 is 29.6 Å². The highest BCUT2D eigenvalue weighted by molar-refractivity contribution is 7.54. The number of hydrogen-bond acceptors (Lipinski definition) is 12. The van der Waals surface area contributed by atoms with Crippen molar-refractivity contribution in [2.24, 2.45) is 5.11 Å². The smallest absolute Gasteiger partial charge is 0.351 e. The van der Waals surface area contributed by atoms with Gasteiger partial charge in [-0.05, 0) is 38.3 Å². The van der Waals surface area contributed by atoms with Crippen molar-refractivity contribution in [3.63, 3.8) is 0 Å². The molecule has 0 bridgehead atoms. The molecular formula is C25H42FN8O9P. The maximum Gasteiger partial charge on any atom is 0.351 e. The van der Waals surface area contributed by atoms with E-state index in [1.165, 1.54) is 19.9 Å². The summed E-state index contributed by atoms with van der Waals surface area (Å²) >= 11 is 0. The maximum absolute atomic E-state index is 15.6. The van der Waals surface area contributed by atoms with Gasteiger partial charge in [-0.2, -0.15) is 4.98 Å². The van der Waals surface area contributed by atoms with Crippen LogP contribution < -0.4 is 21.6 Å². The Bertz CT molecular complexity index is 1230. The lowest BCUT2D eigenvalue weighted by Crippen LogP contribution is -2.46.